The number of amidine groups is 1. The SMILES string of the molecule is CC(C)=NNC1=N/C(=C\C(=O)O)CS1. The summed E-state index contributed by atoms with van der Waals surface area (Å²) in [5, 5.41) is 13.1. The van der Waals surface area contributed by atoms with Crippen molar-refractivity contribution in [2.45, 2.75) is 13.8 Å². The molecule has 76 valence electrons. The summed E-state index contributed by atoms with van der Waals surface area (Å²) >= 11 is 1.43. The molecule has 0 amide bonds. The van der Waals surface area contributed by atoms with Gasteiger partial charge >= 0.3 is 5.97 Å². The summed E-state index contributed by atoms with van der Waals surface area (Å²) in [7, 11) is 0. The summed E-state index contributed by atoms with van der Waals surface area (Å²) in [4.78, 5) is 14.4. The Morgan fingerprint density at radius 1 is 1.71 bits per heavy atom. The van der Waals surface area contributed by atoms with Crippen LogP contribution < -0.4 is 5.43 Å². The number of nitrogens with zero attached hydrogens (tertiary/aromatic N) is 2. The molecule has 14 heavy (non-hydrogen) atoms. The molecule has 0 spiro atoms. The van der Waals surface area contributed by atoms with Crippen LogP contribution >= 0.6 is 11.8 Å². The summed E-state index contributed by atoms with van der Waals surface area (Å²) in [6, 6.07) is 0. The maximum atomic E-state index is 10.3. The second-order valence-electron chi connectivity index (χ2n) is 2.85. The third kappa shape index (κ3) is 3.61. The fourth-order valence-electron chi connectivity index (χ4n) is 0.771. The first-order valence-electron chi connectivity index (χ1n) is 4.00. The number of carboxylic acids is 1. The highest BCUT2D eigenvalue weighted by Gasteiger charge is 2.12. The van der Waals surface area contributed by atoms with Crippen LogP contribution in [0.25, 0.3) is 0 Å². The van der Waals surface area contributed by atoms with E-state index in [0.717, 1.165) is 11.8 Å². The Morgan fingerprint density at radius 2 is 2.43 bits per heavy atom. The highest BCUT2D eigenvalue weighted by atomic mass is 32.2. The molecule has 0 aromatic rings. The average Bonchev–Trinajstić information content (AvgIpc) is 2.47. The lowest BCUT2D eigenvalue weighted by atomic mass is 10.4. The first-order chi connectivity index (χ1) is 6.58. The zero-order chi connectivity index (χ0) is 10.6. The Morgan fingerprint density at radius 3 is 3.00 bits per heavy atom. The van der Waals surface area contributed by atoms with Gasteiger partial charge in [-0.3, -0.25) is 5.43 Å². The number of hydrogen-bond donors (Lipinski definition) is 2. The van der Waals surface area contributed by atoms with Gasteiger partial charge in [0, 0.05) is 17.5 Å². The van der Waals surface area contributed by atoms with E-state index in [2.05, 4.69) is 15.5 Å². The van der Waals surface area contributed by atoms with Crippen LogP contribution in [-0.2, 0) is 4.79 Å². The lowest BCUT2D eigenvalue weighted by Crippen LogP contribution is -2.12. The quantitative estimate of drug-likeness (QED) is 0.408. The van der Waals surface area contributed by atoms with Gasteiger partial charge in [0.1, 0.15) is 0 Å². The van der Waals surface area contributed by atoms with Crippen molar-refractivity contribution in [1.29, 1.82) is 0 Å². The molecule has 0 aromatic carbocycles. The van der Waals surface area contributed by atoms with Gasteiger partial charge in [-0.1, -0.05) is 11.8 Å². The first-order valence-corrected chi connectivity index (χ1v) is 4.98. The zero-order valence-corrected chi connectivity index (χ0v) is 8.76. The predicted molar refractivity (Wildman–Crippen MR) is 57.5 cm³/mol. The van der Waals surface area contributed by atoms with E-state index in [-0.39, 0.29) is 0 Å². The Hall–Kier alpha value is -1.30. The van der Waals surface area contributed by atoms with Crippen LogP contribution in [0.3, 0.4) is 0 Å². The molecule has 1 aliphatic heterocycles. The first kappa shape index (κ1) is 10.8. The van der Waals surface area contributed by atoms with E-state index in [4.69, 9.17) is 5.11 Å². The van der Waals surface area contributed by atoms with E-state index >= 15 is 0 Å². The third-order valence-electron chi connectivity index (χ3n) is 1.27. The number of hydrazone groups is 1. The maximum absolute atomic E-state index is 10.3. The molecule has 1 aliphatic rings. The topological polar surface area (TPSA) is 74.0 Å². The van der Waals surface area contributed by atoms with Crippen molar-refractivity contribution < 1.29 is 9.90 Å². The fraction of sp³-hybridized carbons (Fsp3) is 0.375. The molecule has 0 radical (unpaired) electrons. The summed E-state index contributed by atoms with van der Waals surface area (Å²) < 4.78 is 0. The van der Waals surface area contributed by atoms with Gasteiger partial charge in [0.15, 0.2) is 5.17 Å². The van der Waals surface area contributed by atoms with E-state index in [1.807, 2.05) is 13.8 Å². The zero-order valence-electron chi connectivity index (χ0n) is 7.94. The second-order valence-corrected chi connectivity index (χ2v) is 3.81. The number of aliphatic carboxylic acids is 1. The van der Waals surface area contributed by atoms with Gasteiger partial charge in [-0.15, -0.1) is 0 Å². The van der Waals surface area contributed by atoms with E-state index in [1.54, 1.807) is 0 Å². The number of nitrogens with one attached hydrogen (secondary N) is 1. The summed E-state index contributed by atoms with van der Waals surface area (Å²) in [6.07, 6.45) is 1.10. The molecule has 0 bridgehead atoms. The van der Waals surface area contributed by atoms with Crippen molar-refractivity contribution >= 4 is 28.6 Å². The normalized spacial score (nSPS) is 17.9. The van der Waals surface area contributed by atoms with Gasteiger partial charge in [-0.25, -0.2) is 9.79 Å². The molecule has 1 rings (SSSR count). The lowest BCUT2D eigenvalue weighted by molar-refractivity contribution is -0.131. The molecule has 0 saturated heterocycles. The predicted octanol–water partition coefficient (Wildman–Crippen LogP) is 1.04. The van der Waals surface area contributed by atoms with Crippen LogP contribution in [0.4, 0.5) is 0 Å². The van der Waals surface area contributed by atoms with Crippen molar-refractivity contribution in [2.75, 3.05) is 5.75 Å². The third-order valence-corrected chi connectivity index (χ3v) is 2.16. The van der Waals surface area contributed by atoms with Crippen molar-refractivity contribution in [1.82, 2.24) is 5.43 Å². The number of carboxylic acid groups (broad SMARTS) is 1. The highest BCUT2D eigenvalue weighted by Crippen LogP contribution is 2.19. The smallest absolute Gasteiger partial charge is 0.330 e. The van der Waals surface area contributed by atoms with Crippen LogP contribution in [-0.4, -0.2) is 27.7 Å². The molecule has 5 nitrogen and oxygen atoms in total. The van der Waals surface area contributed by atoms with Crippen LogP contribution in [0.15, 0.2) is 21.9 Å². The van der Waals surface area contributed by atoms with Crippen molar-refractivity contribution in [2.24, 2.45) is 10.1 Å². The van der Waals surface area contributed by atoms with Crippen LogP contribution in [0.1, 0.15) is 13.8 Å². The van der Waals surface area contributed by atoms with E-state index in [0.29, 0.717) is 16.6 Å². The molecular weight excluding hydrogens is 202 g/mol. The van der Waals surface area contributed by atoms with Gasteiger partial charge in [0.05, 0.1) is 5.70 Å². The Kier molecular flexibility index (Phi) is 3.70. The molecule has 0 aromatic heterocycles. The minimum atomic E-state index is -0.972. The molecule has 2 N–H and O–H groups in total. The largest absolute Gasteiger partial charge is 0.478 e. The molecule has 1 heterocycles. The number of rotatable bonds is 2. The van der Waals surface area contributed by atoms with Gasteiger partial charge in [-0.2, -0.15) is 5.10 Å². The van der Waals surface area contributed by atoms with E-state index < -0.39 is 5.97 Å². The molecule has 0 saturated carbocycles. The summed E-state index contributed by atoms with van der Waals surface area (Å²) in [5.74, 6) is -0.395. The molecule has 0 atom stereocenters. The Labute approximate surface area is 86.0 Å². The van der Waals surface area contributed by atoms with Crippen molar-refractivity contribution in [3.05, 3.63) is 11.8 Å². The molecule has 0 unspecified atom stereocenters. The van der Waals surface area contributed by atoms with Crippen LogP contribution in [0, 0.1) is 0 Å². The Balaban J connectivity index is 2.59. The standard InChI is InChI=1S/C8H11N3O2S/c1-5(2)10-11-8-9-6(4-14-8)3-7(12)13/h3H,4H2,1-2H3,(H,9,11)(H,12,13)/b6-3-. The van der Waals surface area contributed by atoms with Gasteiger partial charge in [0.25, 0.3) is 0 Å². The summed E-state index contributed by atoms with van der Waals surface area (Å²) in [6.45, 7) is 3.72. The minimum absolute atomic E-state index is 0.550. The number of aliphatic imine (C=N–C) groups is 1. The lowest BCUT2D eigenvalue weighted by Gasteiger charge is -1.95. The van der Waals surface area contributed by atoms with Crippen LogP contribution in [0.2, 0.25) is 0 Å². The van der Waals surface area contributed by atoms with Crippen molar-refractivity contribution in [3.63, 3.8) is 0 Å². The van der Waals surface area contributed by atoms with Gasteiger partial charge < -0.3 is 5.11 Å². The Bertz CT molecular complexity index is 329. The fourth-order valence-corrected chi connectivity index (χ4v) is 1.50. The van der Waals surface area contributed by atoms with E-state index in [9.17, 15) is 4.79 Å². The van der Waals surface area contributed by atoms with Crippen LogP contribution in [0.5, 0.6) is 0 Å². The molecular formula is C8H11N3O2S. The van der Waals surface area contributed by atoms with Gasteiger partial charge in [0.2, 0.25) is 0 Å². The maximum Gasteiger partial charge on any atom is 0.330 e. The number of thioether (sulfide) groups is 1. The number of carbonyl (C=O) groups is 1. The van der Waals surface area contributed by atoms with E-state index in [1.165, 1.54) is 11.8 Å². The average molecular weight is 213 g/mol. The highest BCUT2D eigenvalue weighted by molar-refractivity contribution is 8.14. The summed E-state index contributed by atoms with van der Waals surface area (Å²) in [5.41, 5.74) is 4.19. The minimum Gasteiger partial charge on any atom is -0.478 e. The van der Waals surface area contributed by atoms with Crippen molar-refractivity contribution in [3.8, 4) is 0 Å². The number of hydrogen-bond acceptors (Lipinski definition) is 5. The van der Waals surface area contributed by atoms with Gasteiger partial charge in [-0.05, 0) is 13.8 Å². The monoisotopic (exact) mass is 213 g/mol. The molecule has 0 aliphatic carbocycles. The second kappa shape index (κ2) is 4.80. The molecule has 0 fully saturated rings. The molecule has 6 heteroatoms.